The summed E-state index contributed by atoms with van der Waals surface area (Å²) in [7, 11) is 0. The van der Waals surface area contributed by atoms with Gasteiger partial charge in [-0.05, 0) is 132 Å². The molecule has 1 aliphatic rings. The number of carbonyl (C=O) groups excluding carboxylic acids is 3. The Bertz CT molecular complexity index is 3000. The predicted octanol–water partition coefficient (Wildman–Crippen LogP) is 12.4. The molecule has 0 bridgehead atoms. The van der Waals surface area contributed by atoms with Crippen molar-refractivity contribution in [2.45, 2.75) is 58.4 Å². The second-order valence-electron chi connectivity index (χ2n) is 17.6. The van der Waals surface area contributed by atoms with E-state index in [2.05, 4.69) is 52.3 Å². The largest absolute Gasteiger partial charge is 0.442 e. The molecule has 4 N–H and O–H groups in total. The fourth-order valence-electron chi connectivity index (χ4n) is 8.14. The molecule has 74 heavy (non-hydrogen) atoms. The van der Waals surface area contributed by atoms with Crippen molar-refractivity contribution < 1.29 is 33.0 Å². The van der Waals surface area contributed by atoms with Gasteiger partial charge in [0.05, 0.1) is 24.7 Å². The number of ether oxygens (including phenoxy) is 1. The van der Waals surface area contributed by atoms with E-state index in [-0.39, 0.29) is 18.4 Å². The molecule has 13 heteroatoms. The molecule has 8 aromatic rings. The van der Waals surface area contributed by atoms with Crippen molar-refractivity contribution in [3.8, 4) is 0 Å². The molecule has 1 fully saturated rings. The summed E-state index contributed by atoms with van der Waals surface area (Å²) in [5, 5.41) is 20.2. The van der Waals surface area contributed by atoms with E-state index in [9.17, 15) is 28.3 Å². The first-order chi connectivity index (χ1) is 36.1. The third kappa shape index (κ3) is 15.9. The molecule has 0 aliphatic carbocycles. The van der Waals surface area contributed by atoms with Gasteiger partial charge in [0.25, 0.3) is 11.8 Å². The molecule has 4 atom stereocenters. The number of aliphatic hydroxyl groups is 1. The molecule has 0 radical (unpaired) electrons. The van der Waals surface area contributed by atoms with Crippen LogP contribution in [-0.2, 0) is 29.1 Å². The first kappa shape index (κ1) is 52.6. The normalized spacial score (nSPS) is 14.1. The number of amides is 3. The second-order valence-corrected chi connectivity index (χ2v) is 19.7. The zero-order valence-corrected chi connectivity index (χ0v) is 42.1. The number of nitrogens with one attached hydrogen (secondary N) is 3. The molecule has 1 aliphatic heterocycles. The minimum atomic E-state index is -0.846. The van der Waals surface area contributed by atoms with E-state index in [1.54, 1.807) is 28.4 Å². The van der Waals surface area contributed by atoms with Gasteiger partial charge in [0.2, 0.25) is 0 Å². The van der Waals surface area contributed by atoms with Gasteiger partial charge >= 0.3 is 6.09 Å². The average molecular weight is 1030 g/mol. The molecule has 9 rings (SSSR count). The lowest BCUT2D eigenvalue weighted by Gasteiger charge is -2.25. The number of thioether (sulfide) groups is 2. The monoisotopic (exact) mass is 1030 g/mol. The number of rotatable bonds is 20. The quantitative estimate of drug-likeness (QED) is 0.0557. The number of nitrogens with zero attached hydrogens (tertiary/aromatic N) is 1. The van der Waals surface area contributed by atoms with Crippen LogP contribution in [0.2, 0.25) is 0 Å². The van der Waals surface area contributed by atoms with Crippen molar-refractivity contribution in [1.29, 1.82) is 0 Å². The Morgan fingerprint density at radius 2 is 0.986 bits per heavy atom. The maximum Gasteiger partial charge on any atom is 0.414 e. The van der Waals surface area contributed by atoms with Gasteiger partial charge in [-0.25, -0.2) is 13.6 Å². The van der Waals surface area contributed by atoms with Crippen LogP contribution >= 0.6 is 23.5 Å². The first-order valence-electron chi connectivity index (χ1n) is 24.3. The van der Waals surface area contributed by atoms with Crippen LogP contribution in [0.3, 0.4) is 0 Å². The second kappa shape index (κ2) is 26.8. The van der Waals surface area contributed by atoms with Crippen LogP contribution in [0.1, 0.15) is 43.0 Å². The van der Waals surface area contributed by atoms with Gasteiger partial charge in [-0.2, -0.15) is 0 Å². The standard InChI is InChI=1S/C31H27FN2O3S.C30H29FN2O2S/c32-25-13-11-24(12-14-25)30(35)33-28(19-22-7-3-1-4-8-22)29-20-34(31(36)37-29)26-15-17-27(18-16-26)38-21-23-9-5-2-6-10-23;31-25-13-11-24(12-14-25)30(35)33-28(19-22-7-3-1-4-8-22)29(34)20-32-26-15-17-27(18-16-26)36-21-23-9-5-2-6-10-23/h1-18,28-29H,19-21H2,(H,33,35);1-18,28-29,32,34H,19-21H2,(H,33,35)/t2*28-,29-/m00/s1. The number of carbonyl (C=O) groups is 3. The Labute approximate surface area is 439 Å². The lowest BCUT2D eigenvalue weighted by Crippen LogP contribution is -2.47. The minimum Gasteiger partial charge on any atom is -0.442 e. The molecule has 0 aromatic heterocycles. The highest BCUT2D eigenvalue weighted by molar-refractivity contribution is 7.98. The van der Waals surface area contributed by atoms with Gasteiger partial charge in [-0.3, -0.25) is 14.5 Å². The van der Waals surface area contributed by atoms with Crippen molar-refractivity contribution in [2.24, 2.45) is 0 Å². The molecular weight excluding hydrogens is 971 g/mol. The van der Waals surface area contributed by atoms with Gasteiger partial charge in [0.1, 0.15) is 17.7 Å². The Balaban J connectivity index is 0.000000197. The highest BCUT2D eigenvalue weighted by Gasteiger charge is 2.38. The lowest BCUT2D eigenvalue weighted by molar-refractivity contribution is 0.0839. The van der Waals surface area contributed by atoms with Crippen molar-refractivity contribution >= 4 is 52.8 Å². The van der Waals surface area contributed by atoms with Crippen LogP contribution < -0.4 is 20.9 Å². The van der Waals surface area contributed by atoms with Crippen molar-refractivity contribution in [3.05, 3.63) is 263 Å². The number of hydrogen-bond acceptors (Lipinski definition) is 8. The van der Waals surface area contributed by atoms with Crippen LogP contribution in [0.4, 0.5) is 25.0 Å². The first-order valence-corrected chi connectivity index (χ1v) is 26.2. The topological polar surface area (TPSA) is 120 Å². The van der Waals surface area contributed by atoms with E-state index < -0.39 is 42.0 Å². The number of anilines is 2. The number of benzene rings is 8. The van der Waals surface area contributed by atoms with Crippen LogP contribution in [-0.4, -0.2) is 60.4 Å². The van der Waals surface area contributed by atoms with Crippen molar-refractivity contribution in [3.63, 3.8) is 0 Å². The van der Waals surface area contributed by atoms with E-state index in [0.717, 1.165) is 38.9 Å². The van der Waals surface area contributed by atoms with E-state index in [4.69, 9.17) is 4.74 Å². The fourth-order valence-corrected chi connectivity index (χ4v) is 9.85. The van der Waals surface area contributed by atoms with Gasteiger partial charge in [-0.1, -0.05) is 121 Å². The van der Waals surface area contributed by atoms with Crippen molar-refractivity contribution in [1.82, 2.24) is 10.6 Å². The maximum atomic E-state index is 13.3. The zero-order chi connectivity index (χ0) is 51.5. The third-order valence-electron chi connectivity index (χ3n) is 12.2. The van der Waals surface area contributed by atoms with E-state index >= 15 is 0 Å². The van der Waals surface area contributed by atoms with E-state index in [1.165, 1.54) is 64.6 Å². The van der Waals surface area contributed by atoms with Gasteiger partial charge in [0, 0.05) is 50.3 Å². The van der Waals surface area contributed by atoms with Gasteiger partial charge in [0.15, 0.2) is 0 Å². The third-order valence-corrected chi connectivity index (χ3v) is 14.4. The van der Waals surface area contributed by atoms with Crippen LogP contribution in [0.15, 0.2) is 228 Å². The number of halogens is 2. The maximum absolute atomic E-state index is 13.3. The smallest absolute Gasteiger partial charge is 0.414 e. The predicted molar refractivity (Wildman–Crippen MR) is 293 cm³/mol. The highest BCUT2D eigenvalue weighted by atomic mass is 32.2. The summed E-state index contributed by atoms with van der Waals surface area (Å²) in [6, 6.07) is 65.7. The van der Waals surface area contributed by atoms with E-state index in [1.807, 2.05) is 133 Å². The van der Waals surface area contributed by atoms with Crippen molar-refractivity contribution in [2.75, 3.05) is 23.3 Å². The van der Waals surface area contributed by atoms with Crippen LogP contribution in [0.25, 0.3) is 0 Å². The minimum absolute atomic E-state index is 0.262. The summed E-state index contributed by atoms with van der Waals surface area (Å²) < 4.78 is 32.4. The SMILES string of the molecule is O=C(N[C@@H](Cc1ccccc1)[C@@H](O)CNc1ccc(SCc2ccccc2)cc1)c1ccc(F)cc1.O=C(N[C@@H](Cc1ccccc1)[C@@H]1CN(c2ccc(SCc3ccccc3)cc2)C(=O)O1)c1ccc(F)cc1. The lowest BCUT2D eigenvalue weighted by atomic mass is 10.0. The summed E-state index contributed by atoms with van der Waals surface area (Å²) in [6.45, 7) is 0.564. The molecule has 8 aromatic carbocycles. The molecule has 0 saturated carbocycles. The molecule has 376 valence electrons. The summed E-state index contributed by atoms with van der Waals surface area (Å²) >= 11 is 3.50. The zero-order valence-electron chi connectivity index (χ0n) is 40.4. The Morgan fingerprint density at radius 1 is 0.554 bits per heavy atom. The molecule has 0 unspecified atom stereocenters. The van der Waals surface area contributed by atoms with E-state index in [0.29, 0.717) is 30.5 Å². The van der Waals surface area contributed by atoms with Crippen LogP contribution in [0, 0.1) is 11.6 Å². The fraction of sp³-hybridized carbons (Fsp3) is 0.164. The van der Waals surface area contributed by atoms with Crippen LogP contribution in [0.5, 0.6) is 0 Å². The molecule has 1 heterocycles. The molecule has 1 saturated heterocycles. The molecule has 9 nitrogen and oxygen atoms in total. The Morgan fingerprint density at radius 3 is 1.47 bits per heavy atom. The van der Waals surface area contributed by atoms with Gasteiger partial charge < -0.3 is 25.8 Å². The van der Waals surface area contributed by atoms with Gasteiger partial charge in [-0.15, -0.1) is 23.5 Å². The number of hydrogen-bond donors (Lipinski definition) is 4. The average Bonchev–Trinajstić information content (AvgIpc) is 3.84. The highest BCUT2D eigenvalue weighted by Crippen LogP contribution is 2.29. The Hall–Kier alpha value is -7.71. The number of cyclic esters (lactones) is 1. The molecule has 0 spiro atoms. The molecular formula is C61H56F2N4O5S2. The summed E-state index contributed by atoms with van der Waals surface area (Å²) in [6.07, 6.45) is -0.907. The summed E-state index contributed by atoms with van der Waals surface area (Å²) in [5.41, 5.74) is 6.85. The summed E-state index contributed by atoms with van der Waals surface area (Å²) in [5.74, 6) is 0.257. The Kier molecular flexibility index (Phi) is 19.1. The number of aliphatic hydroxyl groups excluding tert-OH is 1. The molecule has 3 amide bonds. The summed E-state index contributed by atoms with van der Waals surface area (Å²) in [4.78, 5) is 42.5.